The van der Waals surface area contributed by atoms with Gasteiger partial charge in [0.15, 0.2) is 0 Å². The average Bonchev–Trinajstić information content (AvgIpc) is 3.37. The van der Waals surface area contributed by atoms with Gasteiger partial charge in [0.25, 0.3) is 5.56 Å². The summed E-state index contributed by atoms with van der Waals surface area (Å²) in [4.78, 5) is 14.4. The molecule has 0 bridgehead atoms. The first-order valence-electron chi connectivity index (χ1n) is 8.87. The standard InChI is InChI=1S/C17H23N5O2S/c1-24-11-15-18-19-17(25-15)21-8-6-12(7-9-21)10-22-16(23)5-4-14(20-22)13-2-3-13/h4-5,12-13H,2-3,6-11H2,1H3. The molecule has 0 amide bonds. The fraction of sp³-hybridized carbons (Fsp3) is 0.647. The van der Waals surface area contributed by atoms with E-state index in [1.807, 2.05) is 6.07 Å². The predicted octanol–water partition coefficient (Wildman–Crippen LogP) is 2.04. The Morgan fingerprint density at radius 2 is 2.00 bits per heavy atom. The van der Waals surface area contributed by atoms with Gasteiger partial charge in [0, 0.05) is 38.7 Å². The molecule has 7 nitrogen and oxygen atoms in total. The van der Waals surface area contributed by atoms with Crippen LogP contribution in [0.2, 0.25) is 0 Å². The Kier molecular flexibility index (Phi) is 4.80. The zero-order chi connectivity index (χ0) is 17.2. The quantitative estimate of drug-likeness (QED) is 0.784. The lowest BCUT2D eigenvalue weighted by Crippen LogP contribution is -2.37. The lowest BCUT2D eigenvalue weighted by Gasteiger charge is -2.31. The second kappa shape index (κ2) is 7.21. The Morgan fingerprint density at radius 3 is 2.72 bits per heavy atom. The molecule has 4 rings (SSSR count). The summed E-state index contributed by atoms with van der Waals surface area (Å²) in [5.41, 5.74) is 1.09. The van der Waals surface area contributed by atoms with Gasteiger partial charge in [0.05, 0.1) is 5.69 Å². The molecule has 0 atom stereocenters. The highest BCUT2D eigenvalue weighted by molar-refractivity contribution is 7.15. The van der Waals surface area contributed by atoms with Crippen LogP contribution >= 0.6 is 11.3 Å². The van der Waals surface area contributed by atoms with Crippen molar-refractivity contribution in [2.45, 2.75) is 44.8 Å². The van der Waals surface area contributed by atoms with Crippen LogP contribution in [0.15, 0.2) is 16.9 Å². The molecule has 0 spiro atoms. The Bertz CT molecular complexity index is 777. The molecule has 2 aromatic heterocycles. The minimum absolute atomic E-state index is 0.0140. The second-order valence-corrected chi connectivity index (χ2v) is 7.94. The van der Waals surface area contributed by atoms with Crippen LogP contribution in [0.4, 0.5) is 5.13 Å². The number of anilines is 1. The molecule has 0 N–H and O–H groups in total. The first-order valence-corrected chi connectivity index (χ1v) is 9.69. The van der Waals surface area contributed by atoms with Gasteiger partial charge in [-0.2, -0.15) is 5.10 Å². The highest BCUT2D eigenvalue weighted by atomic mass is 32.1. The van der Waals surface area contributed by atoms with Gasteiger partial charge in [-0.3, -0.25) is 4.79 Å². The maximum absolute atomic E-state index is 12.1. The summed E-state index contributed by atoms with van der Waals surface area (Å²) >= 11 is 1.59. The van der Waals surface area contributed by atoms with E-state index in [9.17, 15) is 4.79 Å². The fourth-order valence-electron chi connectivity index (χ4n) is 3.30. The van der Waals surface area contributed by atoms with Crippen molar-refractivity contribution in [2.75, 3.05) is 25.1 Å². The Morgan fingerprint density at radius 1 is 1.20 bits per heavy atom. The van der Waals surface area contributed by atoms with Crippen LogP contribution in [0.3, 0.4) is 0 Å². The number of hydrogen-bond donors (Lipinski definition) is 0. The van der Waals surface area contributed by atoms with Crippen molar-refractivity contribution in [3.05, 3.63) is 33.2 Å². The highest BCUT2D eigenvalue weighted by Gasteiger charge is 2.27. The van der Waals surface area contributed by atoms with Crippen molar-refractivity contribution in [3.8, 4) is 0 Å². The van der Waals surface area contributed by atoms with E-state index >= 15 is 0 Å². The van der Waals surface area contributed by atoms with Crippen LogP contribution in [-0.2, 0) is 17.9 Å². The third kappa shape index (κ3) is 3.90. The monoisotopic (exact) mass is 361 g/mol. The summed E-state index contributed by atoms with van der Waals surface area (Å²) in [6.07, 6.45) is 4.49. The van der Waals surface area contributed by atoms with E-state index in [0.717, 1.165) is 48.3 Å². The molecule has 0 unspecified atom stereocenters. The first-order chi connectivity index (χ1) is 12.2. The summed E-state index contributed by atoms with van der Waals surface area (Å²) < 4.78 is 6.78. The number of piperidine rings is 1. The Labute approximate surface area is 150 Å². The maximum atomic E-state index is 12.1. The van der Waals surface area contributed by atoms with Gasteiger partial charge < -0.3 is 9.64 Å². The summed E-state index contributed by atoms with van der Waals surface area (Å²) in [5.74, 6) is 1.06. The number of ether oxygens (including phenoxy) is 1. The van der Waals surface area contributed by atoms with Crippen molar-refractivity contribution in [1.29, 1.82) is 0 Å². The van der Waals surface area contributed by atoms with E-state index in [4.69, 9.17) is 4.74 Å². The number of nitrogens with zero attached hydrogens (tertiary/aromatic N) is 5. The fourth-order valence-corrected chi connectivity index (χ4v) is 4.16. The van der Waals surface area contributed by atoms with E-state index in [1.54, 1.807) is 29.2 Å². The molecule has 1 saturated carbocycles. The van der Waals surface area contributed by atoms with Crippen LogP contribution in [0, 0.1) is 5.92 Å². The molecular formula is C17H23N5O2S. The van der Waals surface area contributed by atoms with Crippen LogP contribution in [0.25, 0.3) is 0 Å². The molecule has 8 heteroatoms. The molecular weight excluding hydrogens is 338 g/mol. The smallest absolute Gasteiger partial charge is 0.266 e. The number of methoxy groups -OCH3 is 1. The van der Waals surface area contributed by atoms with Gasteiger partial charge in [-0.1, -0.05) is 11.3 Å². The average molecular weight is 361 g/mol. The van der Waals surface area contributed by atoms with Crippen molar-refractivity contribution in [1.82, 2.24) is 20.0 Å². The lowest BCUT2D eigenvalue weighted by atomic mass is 9.97. The minimum atomic E-state index is 0.0140. The van der Waals surface area contributed by atoms with Gasteiger partial charge in [-0.15, -0.1) is 10.2 Å². The molecule has 1 aliphatic heterocycles. The minimum Gasteiger partial charge on any atom is -0.377 e. The normalized spacial score (nSPS) is 18.7. The van der Waals surface area contributed by atoms with Crippen molar-refractivity contribution < 1.29 is 4.74 Å². The summed E-state index contributed by atoms with van der Waals surface area (Å²) in [6, 6.07) is 3.57. The van der Waals surface area contributed by atoms with Crippen molar-refractivity contribution in [3.63, 3.8) is 0 Å². The number of aromatic nitrogens is 4. The molecule has 0 radical (unpaired) electrons. The zero-order valence-electron chi connectivity index (χ0n) is 14.4. The molecule has 134 valence electrons. The van der Waals surface area contributed by atoms with Gasteiger partial charge in [0.2, 0.25) is 5.13 Å². The van der Waals surface area contributed by atoms with E-state index in [2.05, 4.69) is 20.2 Å². The van der Waals surface area contributed by atoms with E-state index in [-0.39, 0.29) is 5.56 Å². The Balaban J connectivity index is 1.35. The van der Waals surface area contributed by atoms with Crippen LogP contribution in [0.5, 0.6) is 0 Å². The van der Waals surface area contributed by atoms with E-state index in [1.165, 1.54) is 12.8 Å². The first kappa shape index (κ1) is 16.7. The molecule has 1 aliphatic carbocycles. The van der Waals surface area contributed by atoms with Gasteiger partial charge in [0.1, 0.15) is 11.6 Å². The largest absolute Gasteiger partial charge is 0.377 e. The third-order valence-corrected chi connectivity index (χ3v) is 5.88. The molecule has 1 saturated heterocycles. The van der Waals surface area contributed by atoms with Gasteiger partial charge in [-0.25, -0.2) is 4.68 Å². The van der Waals surface area contributed by atoms with Crippen LogP contribution in [0.1, 0.15) is 42.3 Å². The SMILES string of the molecule is COCc1nnc(N2CCC(Cn3nc(C4CC4)ccc3=O)CC2)s1. The van der Waals surface area contributed by atoms with Crippen molar-refractivity contribution in [2.24, 2.45) is 5.92 Å². The van der Waals surface area contributed by atoms with Crippen molar-refractivity contribution >= 4 is 16.5 Å². The maximum Gasteiger partial charge on any atom is 0.266 e. The molecule has 2 fully saturated rings. The summed E-state index contributed by atoms with van der Waals surface area (Å²) in [6.45, 7) is 3.13. The number of rotatable bonds is 6. The zero-order valence-corrected chi connectivity index (χ0v) is 15.2. The predicted molar refractivity (Wildman–Crippen MR) is 96.0 cm³/mol. The van der Waals surface area contributed by atoms with Crippen LogP contribution < -0.4 is 10.5 Å². The third-order valence-electron chi connectivity index (χ3n) is 4.92. The van der Waals surface area contributed by atoms with Gasteiger partial charge >= 0.3 is 0 Å². The molecule has 25 heavy (non-hydrogen) atoms. The summed E-state index contributed by atoms with van der Waals surface area (Å²) in [7, 11) is 1.67. The summed E-state index contributed by atoms with van der Waals surface area (Å²) in [5, 5.41) is 14.9. The topological polar surface area (TPSA) is 73.1 Å². The highest BCUT2D eigenvalue weighted by Crippen LogP contribution is 2.38. The van der Waals surface area contributed by atoms with Crippen LogP contribution in [-0.4, -0.2) is 40.2 Å². The number of hydrogen-bond acceptors (Lipinski definition) is 7. The van der Waals surface area contributed by atoms with E-state index in [0.29, 0.717) is 18.4 Å². The Hall–Kier alpha value is -1.80. The molecule has 2 aromatic rings. The second-order valence-electron chi connectivity index (χ2n) is 6.89. The molecule has 0 aromatic carbocycles. The lowest BCUT2D eigenvalue weighted by molar-refractivity contribution is 0.184. The molecule has 2 aliphatic rings. The van der Waals surface area contributed by atoms with E-state index < -0.39 is 0 Å². The molecule has 3 heterocycles. The van der Waals surface area contributed by atoms with Gasteiger partial charge in [-0.05, 0) is 37.7 Å².